The molecule has 0 saturated heterocycles. The van der Waals surface area contributed by atoms with Crippen LogP contribution < -0.4 is 10.0 Å². The van der Waals surface area contributed by atoms with Gasteiger partial charge in [0.25, 0.3) is 10.0 Å². The quantitative estimate of drug-likeness (QED) is 0.580. The molecule has 3 rings (SSSR count). The van der Waals surface area contributed by atoms with Crippen molar-refractivity contribution in [3.05, 3.63) is 83.2 Å². The Labute approximate surface area is 173 Å². The van der Waals surface area contributed by atoms with Crippen LogP contribution in [0.2, 0.25) is 5.02 Å². The topological polar surface area (TPSA) is 101 Å². The van der Waals surface area contributed by atoms with Gasteiger partial charge in [0, 0.05) is 28.7 Å². The standard InChI is InChI=1S/C20H17ClN4O3S/c1-14-12-13-22-20(23-14)25-29(27,28)18-9-7-17(8-10-18)24-19(26)11-4-15-2-5-16(21)6-3-15/h2-13H,1H3,(H,24,26)(H,22,23,25)/b11-4+. The molecule has 0 radical (unpaired) electrons. The van der Waals surface area contributed by atoms with Gasteiger partial charge >= 0.3 is 0 Å². The highest BCUT2D eigenvalue weighted by Crippen LogP contribution is 2.17. The van der Waals surface area contributed by atoms with E-state index in [4.69, 9.17) is 11.6 Å². The molecule has 1 heterocycles. The van der Waals surface area contributed by atoms with Crippen LogP contribution in [0.3, 0.4) is 0 Å². The minimum absolute atomic E-state index is 0.00489. The average molecular weight is 429 g/mol. The van der Waals surface area contributed by atoms with E-state index in [-0.39, 0.29) is 16.8 Å². The zero-order chi connectivity index (χ0) is 20.9. The smallest absolute Gasteiger partial charge is 0.264 e. The molecule has 7 nitrogen and oxygen atoms in total. The van der Waals surface area contributed by atoms with E-state index >= 15 is 0 Å². The van der Waals surface area contributed by atoms with E-state index in [1.54, 1.807) is 43.3 Å². The summed E-state index contributed by atoms with van der Waals surface area (Å²) in [6.45, 7) is 1.73. The molecular weight excluding hydrogens is 412 g/mol. The van der Waals surface area contributed by atoms with Crippen molar-refractivity contribution in [1.82, 2.24) is 9.97 Å². The average Bonchev–Trinajstić information content (AvgIpc) is 2.68. The fraction of sp³-hybridized carbons (Fsp3) is 0.0500. The molecule has 9 heteroatoms. The number of carbonyl (C=O) groups is 1. The van der Waals surface area contributed by atoms with E-state index < -0.39 is 10.0 Å². The van der Waals surface area contributed by atoms with Gasteiger partial charge in [0.15, 0.2) is 0 Å². The summed E-state index contributed by atoms with van der Waals surface area (Å²) in [6, 6.07) is 14.5. The number of hydrogen-bond donors (Lipinski definition) is 2. The van der Waals surface area contributed by atoms with Gasteiger partial charge in [-0.1, -0.05) is 23.7 Å². The van der Waals surface area contributed by atoms with Gasteiger partial charge in [-0.25, -0.2) is 23.1 Å². The lowest BCUT2D eigenvalue weighted by molar-refractivity contribution is -0.111. The van der Waals surface area contributed by atoms with Crippen LogP contribution in [-0.4, -0.2) is 24.3 Å². The van der Waals surface area contributed by atoms with Crippen molar-refractivity contribution in [3.8, 4) is 0 Å². The normalized spacial score (nSPS) is 11.4. The summed E-state index contributed by atoms with van der Waals surface area (Å²) in [4.78, 5) is 20.0. The SMILES string of the molecule is Cc1ccnc(NS(=O)(=O)c2ccc(NC(=O)/C=C/c3ccc(Cl)cc3)cc2)n1. The predicted molar refractivity (Wildman–Crippen MR) is 113 cm³/mol. The first-order chi connectivity index (χ1) is 13.8. The molecule has 1 aromatic heterocycles. The highest BCUT2D eigenvalue weighted by molar-refractivity contribution is 7.92. The van der Waals surface area contributed by atoms with Gasteiger partial charge < -0.3 is 5.32 Å². The predicted octanol–water partition coefficient (Wildman–Crippen LogP) is 3.89. The van der Waals surface area contributed by atoms with Crippen LogP contribution in [0.15, 0.2) is 71.8 Å². The molecule has 0 saturated carbocycles. The Morgan fingerprint density at radius 2 is 1.72 bits per heavy atom. The first kappa shape index (κ1) is 20.5. The van der Waals surface area contributed by atoms with E-state index in [9.17, 15) is 13.2 Å². The fourth-order valence-electron chi connectivity index (χ4n) is 2.32. The molecule has 0 atom stereocenters. The molecule has 29 heavy (non-hydrogen) atoms. The summed E-state index contributed by atoms with van der Waals surface area (Å²) in [7, 11) is -3.84. The number of nitrogens with zero attached hydrogens (tertiary/aromatic N) is 2. The molecule has 0 bridgehead atoms. The largest absolute Gasteiger partial charge is 0.323 e. The molecule has 0 spiro atoms. The van der Waals surface area contributed by atoms with Gasteiger partial charge in [-0.3, -0.25) is 4.79 Å². The summed E-state index contributed by atoms with van der Waals surface area (Å²) in [6.07, 6.45) is 4.50. The monoisotopic (exact) mass is 428 g/mol. The summed E-state index contributed by atoms with van der Waals surface area (Å²) in [5, 5.41) is 3.28. The molecular formula is C20H17ClN4O3S. The third-order valence-corrected chi connectivity index (χ3v) is 5.35. The number of aryl methyl sites for hydroxylation is 1. The molecule has 1 amide bonds. The Morgan fingerprint density at radius 3 is 2.38 bits per heavy atom. The van der Waals surface area contributed by atoms with E-state index in [1.807, 2.05) is 0 Å². The number of halogens is 1. The summed E-state index contributed by atoms with van der Waals surface area (Å²) < 4.78 is 27.2. The summed E-state index contributed by atoms with van der Waals surface area (Å²) in [5.74, 6) is -0.350. The third kappa shape index (κ3) is 5.87. The number of carbonyl (C=O) groups excluding carboxylic acids is 1. The molecule has 2 N–H and O–H groups in total. The Balaban J connectivity index is 1.64. The van der Waals surface area contributed by atoms with Gasteiger partial charge in [-0.15, -0.1) is 0 Å². The van der Waals surface area contributed by atoms with Gasteiger partial charge in [0.05, 0.1) is 4.90 Å². The van der Waals surface area contributed by atoms with Crippen molar-refractivity contribution in [3.63, 3.8) is 0 Å². The first-order valence-electron chi connectivity index (χ1n) is 8.49. The first-order valence-corrected chi connectivity index (χ1v) is 10.4. The zero-order valence-corrected chi connectivity index (χ0v) is 16.9. The van der Waals surface area contributed by atoms with Crippen LogP contribution in [0.4, 0.5) is 11.6 Å². The van der Waals surface area contributed by atoms with Gasteiger partial charge in [0.1, 0.15) is 0 Å². The third-order valence-electron chi connectivity index (χ3n) is 3.75. The van der Waals surface area contributed by atoms with Crippen molar-refractivity contribution in [2.45, 2.75) is 11.8 Å². The maximum absolute atomic E-state index is 12.4. The molecule has 148 valence electrons. The highest BCUT2D eigenvalue weighted by Gasteiger charge is 2.15. The van der Waals surface area contributed by atoms with Crippen LogP contribution >= 0.6 is 11.6 Å². The lowest BCUT2D eigenvalue weighted by Crippen LogP contribution is -2.15. The van der Waals surface area contributed by atoms with Crippen molar-refractivity contribution >= 4 is 45.2 Å². The Morgan fingerprint density at radius 1 is 1.03 bits per heavy atom. The molecule has 0 aliphatic carbocycles. The summed E-state index contributed by atoms with van der Waals surface area (Å²) >= 11 is 5.82. The minimum atomic E-state index is -3.84. The molecule has 0 unspecified atom stereocenters. The second-order valence-electron chi connectivity index (χ2n) is 6.03. The van der Waals surface area contributed by atoms with Crippen molar-refractivity contribution in [2.24, 2.45) is 0 Å². The van der Waals surface area contributed by atoms with E-state index in [1.165, 1.54) is 36.5 Å². The molecule has 0 aliphatic rings. The molecule has 0 aliphatic heterocycles. The van der Waals surface area contributed by atoms with Crippen LogP contribution in [0.25, 0.3) is 6.08 Å². The maximum Gasteiger partial charge on any atom is 0.264 e. The zero-order valence-electron chi connectivity index (χ0n) is 15.3. The fourth-order valence-corrected chi connectivity index (χ4v) is 3.40. The second-order valence-corrected chi connectivity index (χ2v) is 8.14. The Hall–Kier alpha value is -3.23. The number of aromatic nitrogens is 2. The van der Waals surface area contributed by atoms with E-state index in [0.29, 0.717) is 16.4 Å². The molecule has 0 fully saturated rings. The van der Waals surface area contributed by atoms with E-state index in [0.717, 1.165) is 5.56 Å². The number of hydrogen-bond acceptors (Lipinski definition) is 5. The number of sulfonamides is 1. The van der Waals surface area contributed by atoms with Crippen LogP contribution in [0.1, 0.15) is 11.3 Å². The number of anilines is 2. The number of benzene rings is 2. The summed E-state index contributed by atoms with van der Waals surface area (Å²) in [5.41, 5.74) is 1.93. The highest BCUT2D eigenvalue weighted by atomic mass is 35.5. The Kier molecular flexibility index (Phi) is 6.26. The van der Waals surface area contributed by atoms with Crippen LogP contribution in [0.5, 0.6) is 0 Å². The van der Waals surface area contributed by atoms with Gasteiger partial charge in [-0.05, 0) is 61.0 Å². The van der Waals surface area contributed by atoms with E-state index in [2.05, 4.69) is 20.0 Å². The van der Waals surface area contributed by atoms with Crippen molar-refractivity contribution in [1.29, 1.82) is 0 Å². The van der Waals surface area contributed by atoms with Gasteiger partial charge in [-0.2, -0.15) is 0 Å². The number of nitrogens with one attached hydrogen (secondary N) is 2. The second kappa shape index (κ2) is 8.85. The Bertz CT molecular complexity index is 1150. The maximum atomic E-state index is 12.4. The van der Waals surface area contributed by atoms with Crippen LogP contribution in [-0.2, 0) is 14.8 Å². The molecule has 3 aromatic rings. The van der Waals surface area contributed by atoms with Gasteiger partial charge in [0.2, 0.25) is 11.9 Å². The minimum Gasteiger partial charge on any atom is -0.323 e. The van der Waals surface area contributed by atoms with Crippen LogP contribution in [0, 0.1) is 6.92 Å². The molecule has 2 aromatic carbocycles. The number of rotatable bonds is 6. The van der Waals surface area contributed by atoms with Crippen molar-refractivity contribution in [2.75, 3.05) is 10.0 Å². The number of amides is 1. The van der Waals surface area contributed by atoms with Crippen molar-refractivity contribution < 1.29 is 13.2 Å². The lowest BCUT2D eigenvalue weighted by Gasteiger charge is -2.08. The lowest BCUT2D eigenvalue weighted by atomic mass is 10.2.